The van der Waals surface area contributed by atoms with Gasteiger partial charge in [-0.25, -0.2) is 13.1 Å². The van der Waals surface area contributed by atoms with E-state index in [9.17, 15) is 8.42 Å². The Balaban J connectivity index is 1.40. The Kier molecular flexibility index (Phi) is 5.14. The van der Waals surface area contributed by atoms with Crippen LogP contribution in [-0.4, -0.2) is 37.6 Å². The predicted molar refractivity (Wildman–Crippen MR) is 105 cm³/mol. The lowest BCUT2D eigenvalue weighted by molar-refractivity contribution is 0.238. The van der Waals surface area contributed by atoms with Crippen molar-refractivity contribution in [1.82, 2.24) is 14.8 Å². The van der Waals surface area contributed by atoms with E-state index in [0.717, 1.165) is 24.4 Å². The van der Waals surface area contributed by atoms with E-state index < -0.39 is 10.0 Å². The molecule has 1 aromatic carbocycles. The standard InChI is InChI=1S/C19H21N3O3S2/c1-14(12-22-11-9-15-4-2-3-5-16(15)13-22)21-27(23,24)19-7-6-18(26-19)17-8-10-20-25-17/h2-8,10,14,21H,9,11-13H2,1H3/t14-/m0/s1. The largest absolute Gasteiger partial charge is 0.355 e. The van der Waals surface area contributed by atoms with Crippen LogP contribution >= 0.6 is 11.3 Å². The van der Waals surface area contributed by atoms with Gasteiger partial charge in [-0.2, -0.15) is 0 Å². The summed E-state index contributed by atoms with van der Waals surface area (Å²) in [5.41, 5.74) is 2.72. The molecule has 0 saturated carbocycles. The van der Waals surface area contributed by atoms with Gasteiger partial charge in [-0.3, -0.25) is 4.90 Å². The van der Waals surface area contributed by atoms with Crippen LogP contribution in [0.5, 0.6) is 0 Å². The van der Waals surface area contributed by atoms with Crippen LogP contribution in [0.1, 0.15) is 18.1 Å². The lowest BCUT2D eigenvalue weighted by Gasteiger charge is -2.30. The van der Waals surface area contributed by atoms with Gasteiger partial charge in [-0.05, 0) is 36.6 Å². The average Bonchev–Trinajstić information content (AvgIpc) is 3.32. The van der Waals surface area contributed by atoms with Gasteiger partial charge in [0.05, 0.1) is 11.1 Å². The zero-order chi connectivity index (χ0) is 18.9. The molecule has 1 N–H and O–H groups in total. The highest BCUT2D eigenvalue weighted by atomic mass is 32.2. The molecular formula is C19H21N3O3S2. The Labute approximate surface area is 162 Å². The maximum absolute atomic E-state index is 12.7. The van der Waals surface area contributed by atoms with E-state index >= 15 is 0 Å². The van der Waals surface area contributed by atoms with Gasteiger partial charge < -0.3 is 4.52 Å². The Morgan fingerprint density at radius 2 is 2.04 bits per heavy atom. The number of thiophene rings is 1. The highest BCUT2D eigenvalue weighted by Gasteiger charge is 2.23. The van der Waals surface area contributed by atoms with Gasteiger partial charge >= 0.3 is 0 Å². The second-order valence-corrected chi connectivity index (χ2v) is 9.80. The van der Waals surface area contributed by atoms with Crippen LogP contribution in [-0.2, 0) is 23.0 Å². The van der Waals surface area contributed by atoms with Crippen molar-refractivity contribution in [3.63, 3.8) is 0 Å². The molecule has 1 aliphatic rings. The van der Waals surface area contributed by atoms with E-state index in [2.05, 4.69) is 39.0 Å². The minimum atomic E-state index is -3.56. The van der Waals surface area contributed by atoms with Crippen LogP contribution < -0.4 is 4.72 Å². The quantitative estimate of drug-likeness (QED) is 0.684. The molecule has 1 atom stereocenters. The summed E-state index contributed by atoms with van der Waals surface area (Å²) in [4.78, 5) is 3.04. The third kappa shape index (κ3) is 4.14. The molecule has 0 aliphatic carbocycles. The molecule has 0 fully saturated rings. The van der Waals surface area contributed by atoms with Gasteiger partial charge in [0.1, 0.15) is 4.21 Å². The molecule has 6 nitrogen and oxygen atoms in total. The first-order valence-electron chi connectivity index (χ1n) is 8.83. The van der Waals surface area contributed by atoms with E-state index in [1.165, 1.54) is 22.5 Å². The summed E-state index contributed by atoms with van der Waals surface area (Å²) in [6, 6.07) is 13.3. The van der Waals surface area contributed by atoms with Crippen LogP contribution in [0.25, 0.3) is 10.6 Å². The summed E-state index contributed by atoms with van der Waals surface area (Å²) < 4.78 is 33.6. The van der Waals surface area contributed by atoms with Gasteiger partial charge in [0.2, 0.25) is 10.0 Å². The molecule has 0 bridgehead atoms. The number of nitrogens with zero attached hydrogens (tertiary/aromatic N) is 2. The number of hydrogen-bond donors (Lipinski definition) is 1. The number of rotatable bonds is 6. The number of sulfonamides is 1. The molecule has 4 rings (SSSR count). The van der Waals surface area contributed by atoms with Crippen molar-refractivity contribution in [2.45, 2.75) is 30.1 Å². The molecule has 0 amide bonds. The normalized spacial score (nSPS) is 16.2. The second kappa shape index (κ2) is 7.55. The number of benzene rings is 1. The molecule has 0 saturated heterocycles. The van der Waals surface area contributed by atoms with Gasteiger partial charge in [0.15, 0.2) is 5.76 Å². The molecule has 2 aromatic heterocycles. The zero-order valence-corrected chi connectivity index (χ0v) is 16.6. The fourth-order valence-corrected chi connectivity index (χ4v) is 5.91. The van der Waals surface area contributed by atoms with E-state index in [0.29, 0.717) is 12.3 Å². The van der Waals surface area contributed by atoms with Crippen LogP contribution in [0.2, 0.25) is 0 Å². The van der Waals surface area contributed by atoms with Crippen LogP contribution in [0, 0.1) is 0 Å². The van der Waals surface area contributed by atoms with Crippen LogP contribution in [0.15, 0.2) is 57.4 Å². The fourth-order valence-electron chi connectivity index (χ4n) is 3.40. The number of hydrogen-bond acceptors (Lipinski definition) is 6. The monoisotopic (exact) mass is 403 g/mol. The summed E-state index contributed by atoms with van der Waals surface area (Å²) in [5.74, 6) is 0.571. The Morgan fingerprint density at radius 1 is 1.22 bits per heavy atom. The predicted octanol–water partition coefficient (Wildman–Crippen LogP) is 3.13. The Morgan fingerprint density at radius 3 is 2.81 bits per heavy atom. The molecule has 142 valence electrons. The number of nitrogens with one attached hydrogen (secondary N) is 1. The highest BCUT2D eigenvalue weighted by molar-refractivity contribution is 7.91. The fraction of sp³-hybridized carbons (Fsp3) is 0.316. The topological polar surface area (TPSA) is 75.4 Å². The molecule has 3 aromatic rings. The first kappa shape index (κ1) is 18.4. The van der Waals surface area contributed by atoms with E-state index in [1.54, 1.807) is 24.4 Å². The molecule has 0 spiro atoms. The molecule has 3 heterocycles. The van der Waals surface area contributed by atoms with Crippen molar-refractivity contribution in [3.05, 3.63) is 59.8 Å². The Bertz CT molecular complexity index is 1010. The van der Waals surface area contributed by atoms with Gasteiger partial charge in [-0.1, -0.05) is 29.4 Å². The maximum Gasteiger partial charge on any atom is 0.250 e. The minimum Gasteiger partial charge on any atom is -0.355 e. The molecule has 1 aliphatic heterocycles. The summed E-state index contributed by atoms with van der Waals surface area (Å²) in [6.45, 7) is 4.38. The lowest BCUT2D eigenvalue weighted by atomic mass is 10.00. The highest BCUT2D eigenvalue weighted by Crippen LogP contribution is 2.30. The molecule has 0 unspecified atom stereocenters. The summed E-state index contributed by atoms with van der Waals surface area (Å²) in [6.07, 6.45) is 2.54. The summed E-state index contributed by atoms with van der Waals surface area (Å²) >= 11 is 1.18. The van der Waals surface area contributed by atoms with Crippen molar-refractivity contribution in [1.29, 1.82) is 0 Å². The first-order chi connectivity index (χ1) is 13.0. The van der Waals surface area contributed by atoms with Crippen molar-refractivity contribution in [2.24, 2.45) is 0 Å². The second-order valence-electron chi connectivity index (χ2n) is 6.77. The van der Waals surface area contributed by atoms with E-state index in [-0.39, 0.29) is 10.3 Å². The molecule has 27 heavy (non-hydrogen) atoms. The van der Waals surface area contributed by atoms with Crippen molar-refractivity contribution in [3.8, 4) is 10.6 Å². The van der Waals surface area contributed by atoms with Gasteiger partial charge in [0.25, 0.3) is 0 Å². The zero-order valence-electron chi connectivity index (χ0n) is 15.0. The third-order valence-corrected chi connectivity index (χ3v) is 7.81. The number of aromatic nitrogens is 1. The van der Waals surface area contributed by atoms with Gasteiger partial charge in [0, 0.05) is 31.7 Å². The molecular weight excluding hydrogens is 382 g/mol. The molecule has 0 radical (unpaired) electrons. The SMILES string of the molecule is C[C@@H](CN1CCc2ccccc2C1)NS(=O)(=O)c1ccc(-c2ccno2)s1. The summed E-state index contributed by atoms with van der Waals surface area (Å²) in [7, 11) is -3.56. The Hall–Kier alpha value is -2.00. The third-order valence-electron chi connectivity index (χ3n) is 4.62. The van der Waals surface area contributed by atoms with Crippen molar-refractivity contribution in [2.75, 3.05) is 13.1 Å². The molecule has 8 heteroatoms. The van der Waals surface area contributed by atoms with Crippen LogP contribution in [0.3, 0.4) is 0 Å². The smallest absolute Gasteiger partial charge is 0.250 e. The van der Waals surface area contributed by atoms with E-state index in [1.807, 2.05) is 6.92 Å². The first-order valence-corrected chi connectivity index (χ1v) is 11.1. The van der Waals surface area contributed by atoms with Gasteiger partial charge in [-0.15, -0.1) is 11.3 Å². The van der Waals surface area contributed by atoms with Crippen LogP contribution in [0.4, 0.5) is 0 Å². The average molecular weight is 404 g/mol. The minimum absolute atomic E-state index is 0.184. The van der Waals surface area contributed by atoms with Crippen molar-refractivity contribution >= 4 is 21.4 Å². The van der Waals surface area contributed by atoms with Crippen molar-refractivity contribution < 1.29 is 12.9 Å². The van der Waals surface area contributed by atoms with E-state index in [4.69, 9.17) is 4.52 Å². The lowest BCUT2D eigenvalue weighted by Crippen LogP contribution is -2.43. The summed E-state index contributed by atoms with van der Waals surface area (Å²) in [5, 5.41) is 3.66. The maximum atomic E-state index is 12.7. The number of fused-ring (bicyclic) bond motifs is 1.